The van der Waals surface area contributed by atoms with Gasteiger partial charge in [-0.1, -0.05) is 104 Å². The van der Waals surface area contributed by atoms with Crippen LogP contribution in [0.15, 0.2) is 146 Å². The summed E-state index contributed by atoms with van der Waals surface area (Å²) in [4.78, 5) is 13.5. The smallest absolute Gasteiger partial charge is 0.0972 e. The molecule has 0 saturated heterocycles. The summed E-state index contributed by atoms with van der Waals surface area (Å²) < 4.78 is 2.69. The standard InChI is InChI=1S/C50H34N2S2/c1-30-12-19-40-42-29-35(18-23-47(42)54-48(40)24-30)37-25-36(34-17-22-46-41(28-34)39-10-6-3-7-11-45(39)53-46)26-38(27-37)44-21-16-33-14-13-32-15-20-43(31-8-4-2-5-9-31)51-49(32)50(33)52-44/h2-9,11-23,25-30H,10,24H2,1H3. The van der Waals surface area contributed by atoms with Gasteiger partial charge >= 0.3 is 0 Å². The van der Waals surface area contributed by atoms with Gasteiger partial charge in [-0.3, -0.25) is 0 Å². The number of benzene rings is 5. The maximum atomic E-state index is 5.41. The maximum absolute atomic E-state index is 5.41. The molecule has 256 valence electrons. The van der Waals surface area contributed by atoms with Gasteiger partial charge in [-0.15, -0.1) is 22.7 Å². The van der Waals surface area contributed by atoms with Gasteiger partial charge in [0.05, 0.1) is 22.4 Å². The molecule has 1 atom stereocenters. The van der Waals surface area contributed by atoms with Crippen LogP contribution in [0.2, 0.25) is 0 Å². The summed E-state index contributed by atoms with van der Waals surface area (Å²) in [5.41, 5.74) is 13.6. The van der Waals surface area contributed by atoms with Crippen LogP contribution in [-0.4, -0.2) is 9.97 Å². The van der Waals surface area contributed by atoms with E-state index in [0.717, 1.165) is 57.2 Å². The predicted molar refractivity (Wildman–Crippen MR) is 233 cm³/mol. The molecular weight excluding hydrogens is 693 g/mol. The SMILES string of the molecule is CC1C=Cc2c(sc3ccc(-c4cc(-c5ccc6sc7c(c6c5)CC=CC=C7)cc(-c5ccc6ccc7ccc(-c8ccccc8)nc7c6n5)c4)cc23)C1. The van der Waals surface area contributed by atoms with E-state index in [1.165, 1.54) is 63.3 Å². The number of aromatic nitrogens is 2. The van der Waals surface area contributed by atoms with Crippen molar-refractivity contribution in [1.82, 2.24) is 9.97 Å². The zero-order chi connectivity index (χ0) is 35.8. The molecular formula is C50H34N2S2. The molecule has 9 aromatic rings. The first-order valence-corrected chi connectivity index (χ1v) is 20.3. The number of fused-ring (bicyclic) bond motifs is 9. The Morgan fingerprint density at radius 1 is 0.556 bits per heavy atom. The third-order valence-electron chi connectivity index (χ3n) is 11.0. The Balaban J connectivity index is 1.11. The largest absolute Gasteiger partial charge is 0.245 e. The van der Waals surface area contributed by atoms with Gasteiger partial charge in [-0.05, 0) is 118 Å². The minimum atomic E-state index is 0.582. The summed E-state index contributed by atoms with van der Waals surface area (Å²) >= 11 is 3.83. The lowest BCUT2D eigenvalue weighted by Gasteiger charge is -2.13. The fourth-order valence-corrected chi connectivity index (χ4v) is 10.7. The number of rotatable bonds is 4. The van der Waals surface area contributed by atoms with Crippen molar-refractivity contribution in [3.63, 3.8) is 0 Å². The molecule has 0 spiro atoms. The van der Waals surface area contributed by atoms with Crippen molar-refractivity contribution >= 4 is 76.8 Å². The Labute approximate surface area is 322 Å². The van der Waals surface area contributed by atoms with Crippen LogP contribution in [0, 0.1) is 5.92 Å². The first kappa shape index (κ1) is 31.6. The normalized spacial score (nSPS) is 14.9. The zero-order valence-electron chi connectivity index (χ0n) is 29.7. The number of thiophene rings is 2. The monoisotopic (exact) mass is 726 g/mol. The van der Waals surface area contributed by atoms with E-state index in [2.05, 4.69) is 159 Å². The highest BCUT2D eigenvalue weighted by molar-refractivity contribution is 7.20. The summed E-state index contributed by atoms with van der Waals surface area (Å²) in [6.07, 6.45) is 15.6. The molecule has 0 bridgehead atoms. The summed E-state index contributed by atoms with van der Waals surface area (Å²) in [6, 6.07) is 44.4. The Hall–Kier alpha value is -5.94. The van der Waals surface area contributed by atoms with Crippen molar-refractivity contribution in [2.45, 2.75) is 19.8 Å². The van der Waals surface area contributed by atoms with Crippen molar-refractivity contribution < 1.29 is 0 Å². The van der Waals surface area contributed by atoms with Crippen LogP contribution >= 0.6 is 22.7 Å². The molecule has 0 aliphatic heterocycles. The molecule has 0 N–H and O–H groups in total. The molecule has 0 saturated carbocycles. The molecule has 0 fully saturated rings. The Kier molecular flexibility index (Phi) is 7.36. The van der Waals surface area contributed by atoms with Gasteiger partial charge in [0.25, 0.3) is 0 Å². The first-order valence-electron chi connectivity index (χ1n) is 18.7. The van der Waals surface area contributed by atoms with E-state index in [9.17, 15) is 0 Å². The molecule has 0 amide bonds. The highest BCUT2D eigenvalue weighted by Gasteiger charge is 2.18. The average Bonchev–Trinajstić information content (AvgIpc) is 3.66. The first-order chi connectivity index (χ1) is 26.6. The number of nitrogens with zero attached hydrogens (tertiary/aromatic N) is 2. The molecule has 5 aromatic carbocycles. The second kappa shape index (κ2) is 12.6. The van der Waals surface area contributed by atoms with Crippen LogP contribution in [0.5, 0.6) is 0 Å². The minimum Gasteiger partial charge on any atom is -0.245 e. The van der Waals surface area contributed by atoms with Crippen LogP contribution in [0.4, 0.5) is 0 Å². The van der Waals surface area contributed by atoms with E-state index in [4.69, 9.17) is 9.97 Å². The van der Waals surface area contributed by atoms with Crippen LogP contribution in [0.3, 0.4) is 0 Å². The van der Waals surface area contributed by atoms with Crippen molar-refractivity contribution in [1.29, 1.82) is 0 Å². The van der Waals surface area contributed by atoms with Crippen molar-refractivity contribution in [2.75, 3.05) is 0 Å². The topological polar surface area (TPSA) is 25.8 Å². The van der Waals surface area contributed by atoms with Crippen LogP contribution in [0.25, 0.3) is 98.9 Å². The van der Waals surface area contributed by atoms with Crippen molar-refractivity contribution in [2.24, 2.45) is 5.92 Å². The fourth-order valence-electron chi connectivity index (χ4n) is 8.21. The lowest BCUT2D eigenvalue weighted by atomic mass is 9.92. The molecule has 2 aliphatic carbocycles. The summed E-state index contributed by atoms with van der Waals surface area (Å²) in [5, 5.41) is 4.87. The third kappa shape index (κ3) is 5.36. The van der Waals surface area contributed by atoms with Crippen LogP contribution in [0.1, 0.15) is 27.8 Å². The van der Waals surface area contributed by atoms with Gasteiger partial charge in [0, 0.05) is 46.4 Å². The van der Waals surface area contributed by atoms with E-state index >= 15 is 0 Å². The predicted octanol–water partition coefficient (Wildman–Crippen LogP) is 14.2. The number of hydrogen-bond acceptors (Lipinski definition) is 4. The molecule has 11 rings (SSSR count). The highest BCUT2D eigenvalue weighted by atomic mass is 32.1. The van der Waals surface area contributed by atoms with Gasteiger partial charge < -0.3 is 0 Å². The third-order valence-corrected chi connectivity index (χ3v) is 13.4. The van der Waals surface area contributed by atoms with E-state index in [-0.39, 0.29) is 0 Å². The van der Waals surface area contributed by atoms with E-state index < -0.39 is 0 Å². The minimum absolute atomic E-state index is 0.582. The van der Waals surface area contributed by atoms with Gasteiger partial charge in [0.2, 0.25) is 0 Å². The molecule has 2 aliphatic rings. The molecule has 2 nitrogen and oxygen atoms in total. The van der Waals surface area contributed by atoms with Gasteiger partial charge in [-0.2, -0.15) is 0 Å². The number of hydrogen-bond donors (Lipinski definition) is 0. The molecule has 4 heteroatoms. The number of allylic oxidation sites excluding steroid dienone is 4. The maximum Gasteiger partial charge on any atom is 0.0972 e. The molecule has 1 unspecified atom stereocenters. The molecule has 54 heavy (non-hydrogen) atoms. The van der Waals surface area contributed by atoms with E-state index in [1.807, 2.05) is 28.7 Å². The average molecular weight is 727 g/mol. The summed E-state index contributed by atoms with van der Waals surface area (Å²) in [7, 11) is 0. The molecule has 4 aromatic heterocycles. The Bertz CT molecular complexity index is 3070. The number of pyridine rings is 2. The van der Waals surface area contributed by atoms with E-state index in [0.29, 0.717) is 5.92 Å². The van der Waals surface area contributed by atoms with Crippen molar-refractivity contribution in [3.8, 4) is 44.8 Å². The second-order valence-electron chi connectivity index (χ2n) is 14.6. The fraction of sp³-hybridized carbons (Fsp3) is 0.0800. The Morgan fingerprint density at radius 3 is 1.94 bits per heavy atom. The summed E-state index contributed by atoms with van der Waals surface area (Å²) in [6.45, 7) is 2.31. The van der Waals surface area contributed by atoms with E-state index in [1.54, 1.807) is 0 Å². The van der Waals surface area contributed by atoms with Gasteiger partial charge in [-0.25, -0.2) is 9.97 Å². The molecule has 0 radical (unpaired) electrons. The van der Waals surface area contributed by atoms with Crippen LogP contribution in [-0.2, 0) is 12.8 Å². The Morgan fingerprint density at radius 2 is 1.20 bits per heavy atom. The van der Waals surface area contributed by atoms with Gasteiger partial charge in [0.15, 0.2) is 0 Å². The van der Waals surface area contributed by atoms with Crippen molar-refractivity contribution in [3.05, 3.63) is 167 Å². The highest BCUT2D eigenvalue weighted by Crippen LogP contribution is 2.42. The summed E-state index contributed by atoms with van der Waals surface area (Å²) in [5.74, 6) is 0.582. The zero-order valence-corrected chi connectivity index (χ0v) is 31.3. The van der Waals surface area contributed by atoms with Gasteiger partial charge in [0.1, 0.15) is 0 Å². The molecule has 4 heterocycles. The lowest BCUT2D eigenvalue weighted by molar-refractivity contribution is 0.728. The quantitative estimate of drug-likeness (QED) is 0.169. The van der Waals surface area contributed by atoms with Crippen LogP contribution < -0.4 is 0 Å². The second-order valence-corrected chi connectivity index (χ2v) is 16.8. The lowest BCUT2D eigenvalue weighted by Crippen LogP contribution is -1.99.